The van der Waals surface area contributed by atoms with Crippen molar-refractivity contribution < 1.29 is 19.1 Å². The highest BCUT2D eigenvalue weighted by molar-refractivity contribution is 5.90. The quantitative estimate of drug-likeness (QED) is 0.874. The summed E-state index contributed by atoms with van der Waals surface area (Å²) in [6, 6.07) is 5.92. The molecule has 1 heterocycles. The summed E-state index contributed by atoms with van der Waals surface area (Å²) in [5.41, 5.74) is -0.541. The number of carbonyl (C=O) groups is 2. The molecule has 1 aromatic rings. The number of anilines is 1. The molecule has 0 radical (unpaired) electrons. The van der Waals surface area contributed by atoms with Crippen molar-refractivity contribution in [2.75, 3.05) is 31.6 Å². The van der Waals surface area contributed by atoms with Crippen LogP contribution >= 0.6 is 0 Å². The highest BCUT2D eigenvalue weighted by Crippen LogP contribution is 2.25. The molecular formula is C14H18FN3O3. The lowest BCUT2D eigenvalue weighted by Gasteiger charge is -2.48. The fourth-order valence-corrected chi connectivity index (χ4v) is 2.67. The molecule has 1 amide bonds. The van der Waals surface area contributed by atoms with Gasteiger partial charge >= 0.3 is 6.09 Å². The number of carbonyl (C=O) groups excluding carboxylic acids is 1. The zero-order valence-electron chi connectivity index (χ0n) is 12.0. The standard InChI is InChI=1S/C14H18FN3O3/c1-10(19)14(16-2)9-17(7-8-18(14)13(20)21)12-5-3-11(15)4-6-12/h3-6,16H,7-9H2,1-2H3,(H,20,21). The number of likely N-dealkylation sites (N-methyl/N-ethyl adjacent to an activating group) is 1. The second-order valence-corrected chi connectivity index (χ2v) is 5.00. The first-order valence-corrected chi connectivity index (χ1v) is 6.62. The summed E-state index contributed by atoms with van der Waals surface area (Å²) in [6.45, 7) is 2.17. The lowest BCUT2D eigenvalue weighted by atomic mass is 9.99. The Morgan fingerprint density at radius 3 is 2.38 bits per heavy atom. The molecule has 21 heavy (non-hydrogen) atoms. The smallest absolute Gasteiger partial charge is 0.409 e. The van der Waals surface area contributed by atoms with Crippen molar-refractivity contribution in [1.82, 2.24) is 10.2 Å². The molecule has 0 saturated carbocycles. The van der Waals surface area contributed by atoms with Crippen LogP contribution in [0.3, 0.4) is 0 Å². The fraction of sp³-hybridized carbons (Fsp3) is 0.429. The molecule has 1 aliphatic heterocycles. The maximum absolute atomic E-state index is 13.0. The first kappa shape index (κ1) is 15.2. The lowest BCUT2D eigenvalue weighted by molar-refractivity contribution is -0.130. The molecule has 1 unspecified atom stereocenters. The van der Waals surface area contributed by atoms with Gasteiger partial charge in [-0.25, -0.2) is 9.18 Å². The lowest BCUT2D eigenvalue weighted by Crippen LogP contribution is -2.73. The van der Waals surface area contributed by atoms with Gasteiger partial charge in [0.2, 0.25) is 0 Å². The highest BCUT2D eigenvalue weighted by Gasteiger charge is 2.47. The van der Waals surface area contributed by atoms with E-state index in [2.05, 4.69) is 5.32 Å². The van der Waals surface area contributed by atoms with E-state index in [0.29, 0.717) is 6.54 Å². The van der Waals surface area contributed by atoms with E-state index in [4.69, 9.17) is 0 Å². The van der Waals surface area contributed by atoms with Crippen LogP contribution in [0.25, 0.3) is 0 Å². The maximum Gasteiger partial charge on any atom is 0.409 e. The van der Waals surface area contributed by atoms with Crippen LogP contribution in [0, 0.1) is 5.82 Å². The Balaban J connectivity index is 2.33. The van der Waals surface area contributed by atoms with Crippen LogP contribution in [0.5, 0.6) is 0 Å². The van der Waals surface area contributed by atoms with Gasteiger partial charge in [0.15, 0.2) is 11.4 Å². The Hall–Kier alpha value is -2.15. The molecule has 0 bridgehead atoms. The largest absolute Gasteiger partial charge is 0.465 e. The summed E-state index contributed by atoms with van der Waals surface area (Å²) in [5.74, 6) is -0.617. The average molecular weight is 295 g/mol. The van der Waals surface area contributed by atoms with E-state index in [1.165, 1.54) is 19.1 Å². The molecular weight excluding hydrogens is 277 g/mol. The van der Waals surface area contributed by atoms with Gasteiger partial charge in [-0.05, 0) is 38.2 Å². The number of nitrogens with one attached hydrogen (secondary N) is 1. The third kappa shape index (κ3) is 2.69. The van der Waals surface area contributed by atoms with E-state index in [9.17, 15) is 19.1 Å². The number of hydrogen-bond acceptors (Lipinski definition) is 4. The van der Waals surface area contributed by atoms with Crippen molar-refractivity contribution in [3.63, 3.8) is 0 Å². The number of amides is 1. The van der Waals surface area contributed by atoms with Gasteiger partial charge in [0.1, 0.15) is 5.82 Å². The molecule has 0 aromatic heterocycles. The number of piperazine rings is 1. The van der Waals surface area contributed by atoms with Gasteiger partial charge < -0.3 is 10.0 Å². The normalized spacial score (nSPS) is 22.2. The van der Waals surface area contributed by atoms with E-state index in [0.717, 1.165) is 10.6 Å². The van der Waals surface area contributed by atoms with E-state index in [1.807, 2.05) is 4.90 Å². The topological polar surface area (TPSA) is 72.9 Å². The SMILES string of the molecule is CNC1(C(C)=O)CN(c2ccc(F)cc2)CCN1C(=O)O. The summed E-state index contributed by atoms with van der Waals surface area (Å²) < 4.78 is 13.0. The van der Waals surface area contributed by atoms with Crippen LogP contribution in [0.15, 0.2) is 24.3 Å². The minimum Gasteiger partial charge on any atom is -0.465 e. The fourth-order valence-electron chi connectivity index (χ4n) is 2.67. The third-order valence-corrected chi connectivity index (χ3v) is 3.89. The molecule has 1 atom stereocenters. The molecule has 114 valence electrons. The van der Waals surface area contributed by atoms with E-state index in [1.54, 1.807) is 19.2 Å². The Morgan fingerprint density at radius 2 is 1.90 bits per heavy atom. The van der Waals surface area contributed by atoms with Gasteiger partial charge in [0.05, 0.1) is 6.54 Å². The molecule has 1 aromatic carbocycles. The van der Waals surface area contributed by atoms with Crippen LogP contribution in [0.2, 0.25) is 0 Å². The van der Waals surface area contributed by atoms with Crippen LogP contribution in [-0.2, 0) is 4.79 Å². The highest BCUT2D eigenvalue weighted by atomic mass is 19.1. The van der Waals surface area contributed by atoms with Crippen molar-refractivity contribution in [2.45, 2.75) is 12.6 Å². The number of carboxylic acid groups (broad SMARTS) is 1. The minimum atomic E-state index is -1.29. The minimum absolute atomic E-state index is 0.177. The van der Waals surface area contributed by atoms with Crippen LogP contribution in [0.1, 0.15) is 6.92 Å². The molecule has 7 heteroatoms. The number of rotatable bonds is 3. The van der Waals surface area contributed by atoms with Gasteiger partial charge in [0, 0.05) is 18.8 Å². The monoisotopic (exact) mass is 295 g/mol. The molecule has 0 aliphatic carbocycles. The second kappa shape index (κ2) is 5.69. The zero-order chi connectivity index (χ0) is 15.6. The first-order valence-electron chi connectivity index (χ1n) is 6.62. The molecule has 1 saturated heterocycles. The van der Waals surface area contributed by atoms with Crippen molar-refractivity contribution in [3.8, 4) is 0 Å². The predicted octanol–water partition coefficient (Wildman–Crippen LogP) is 1.13. The average Bonchev–Trinajstić information content (AvgIpc) is 2.46. The Kier molecular flexibility index (Phi) is 4.13. The molecule has 6 nitrogen and oxygen atoms in total. The summed E-state index contributed by atoms with van der Waals surface area (Å²) >= 11 is 0. The summed E-state index contributed by atoms with van der Waals surface area (Å²) in [4.78, 5) is 26.4. The molecule has 1 fully saturated rings. The number of ketones is 1. The van der Waals surface area contributed by atoms with Crippen LogP contribution in [-0.4, -0.2) is 54.2 Å². The third-order valence-electron chi connectivity index (χ3n) is 3.89. The van der Waals surface area contributed by atoms with Crippen LogP contribution in [0.4, 0.5) is 14.9 Å². The van der Waals surface area contributed by atoms with Gasteiger partial charge in [-0.3, -0.25) is 15.0 Å². The number of nitrogens with zero attached hydrogens (tertiary/aromatic N) is 2. The number of benzene rings is 1. The summed E-state index contributed by atoms with van der Waals surface area (Å²) in [6.07, 6.45) is -1.14. The number of hydrogen-bond donors (Lipinski definition) is 2. The zero-order valence-corrected chi connectivity index (χ0v) is 12.0. The molecule has 2 rings (SSSR count). The molecule has 2 N–H and O–H groups in total. The number of Topliss-reactive ketones (excluding diaryl/α,β-unsaturated/α-hetero) is 1. The van der Waals surface area contributed by atoms with E-state index >= 15 is 0 Å². The predicted molar refractivity (Wildman–Crippen MR) is 75.8 cm³/mol. The Morgan fingerprint density at radius 1 is 1.29 bits per heavy atom. The molecule has 1 aliphatic rings. The number of halogens is 1. The maximum atomic E-state index is 13.0. The van der Waals surface area contributed by atoms with Crippen LogP contribution < -0.4 is 10.2 Å². The van der Waals surface area contributed by atoms with E-state index < -0.39 is 11.8 Å². The summed E-state index contributed by atoms with van der Waals surface area (Å²) in [7, 11) is 1.56. The van der Waals surface area contributed by atoms with Crippen molar-refractivity contribution in [1.29, 1.82) is 0 Å². The first-order chi connectivity index (χ1) is 9.90. The van der Waals surface area contributed by atoms with Crippen molar-refractivity contribution in [2.24, 2.45) is 0 Å². The van der Waals surface area contributed by atoms with Crippen molar-refractivity contribution >= 4 is 17.6 Å². The summed E-state index contributed by atoms with van der Waals surface area (Å²) in [5, 5.41) is 12.2. The Labute approximate surface area is 122 Å². The van der Waals surface area contributed by atoms with Gasteiger partial charge in [-0.15, -0.1) is 0 Å². The second-order valence-electron chi connectivity index (χ2n) is 5.00. The van der Waals surface area contributed by atoms with Gasteiger partial charge in [-0.1, -0.05) is 0 Å². The molecule has 0 spiro atoms. The Bertz CT molecular complexity index is 549. The van der Waals surface area contributed by atoms with Crippen molar-refractivity contribution in [3.05, 3.63) is 30.1 Å². The van der Waals surface area contributed by atoms with Gasteiger partial charge in [-0.2, -0.15) is 0 Å². The van der Waals surface area contributed by atoms with E-state index in [-0.39, 0.29) is 24.7 Å². The van der Waals surface area contributed by atoms with Gasteiger partial charge in [0.25, 0.3) is 0 Å².